The van der Waals surface area contributed by atoms with Crippen molar-refractivity contribution < 1.29 is 18.0 Å². The van der Waals surface area contributed by atoms with Crippen LogP contribution in [0.15, 0.2) is 114 Å². The van der Waals surface area contributed by atoms with Crippen LogP contribution in [0.1, 0.15) is 68.6 Å². The summed E-state index contributed by atoms with van der Waals surface area (Å²) in [5.41, 5.74) is 3.09. The molecule has 252 valence electrons. The molecular weight excluding hydrogens is 642 g/mol. The largest absolute Gasteiger partial charge is 0.352 e. The number of amides is 2. The van der Waals surface area contributed by atoms with Crippen LogP contribution in [0.4, 0.5) is 5.69 Å². The predicted octanol–water partition coefficient (Wildman–Crippen LogP) is 7.75. The number of carbonyl (C=O) groups excluding carboxylic acids is 2. The standard InChI is InChI=1S/C39H44ClN3O4S/c1-29(2)32-20-24-35(25-21-32)43(48(46,47)36-16-10-5-11-17-36)28-38(44)42(27-31-18-22-33(40)23-19-31)37(26-30-12-6-3-7-13-30)39(45)41-34-14-8-4-9-15-34/h3,5-7,10-13,16-25,29,34,37H,4,8-9,14-15,26-28H2,1-2H3,(H,41,45). The number of nitrogens with one attached hydrogen (secondary N) is 1. The highest BCUT2D eigenvalue weighted by molar-refractivity contribution is 7.92. The van der Waals surface area contributed by atoms with Crippen LogP contribution in [0.25, 0.3) is 0 Å². The van der Waals surface area contributed by atoms with Crippen molar-refractivity contribution in [3.63, 3.8) is 0 Å². The summed E-state index contributed by atoms with van der Waals surface area (Å²) in [6.07, 6.45) is 5.29. The fraction of sp³-hybridized carbons (Fsp3) is 0.333. The van der Waals surface area contributed by atoms with Gasteiger partial charge in [0.25, 0.3) is 10.0 Å². The van der Waals surface area contributed by atoms with Crippen molar-refractivity contribution in [2.45, 2.75) is 81.8 Å². The van der Waals surface area contributed by atoms with Gasteiger partial charge < -0.3 is 10.2 Å². The molecule has 0 aromatic heterocycles. The lowest BCUT2D eigenvalue weighted by Gasteiger charge is -2.35. The van der Waals surface area contributed by atoms with Gasteiger partial charge in [-0.15, -0.1) is 0 Å². The number of hydrogen-bond acceptors (Lipinski definition) is 4. The van der Waals surface area contributed by atoms with Gasteiger partial charge in [0, 0.05) is 24.0 Å². The summed E-state index contributed by atoms with van der Waals surface area (Å²) in [5.74, 6) is -0.486. The minimum Gasteiger partial charge on any atom is -0.352 e. The zero-order chi connectivity index (χ0) is 34.1. The Labute approximate surface area is 290 Å². The molecule has 9 heteroatoms. The number of benzene rings is 4. The SMILES string of the molecule is CC(C)c1ccc(N(CC(=O)N(Cc2ccc(Cl)cc2)C(Cc2ccccc2)C(=O)NC2CCCCC2)S(=O)(=O)c2ccccc2)cc1. The first-order valence-electron chi connectivity index (χ1n) is 16.7. The van der Waals surface area contributed by atoms with Crippen LogP contribution in [0.3, 0.4) is 0 Å². The third-order valence-corrected chi connectivity index (χ3v) is 11.0. The average molecular weight is 686 g/mol. The number of halogens is 1. The Morgan fingerprint density at radius 1 is 0.792 bits per heavy atom. The predicted molar refractivity (Wildman–Crippen MR) is 192 cm³/mol. The van der Waals surface area contributed by atoms with E-state index >= 15 is 0 Å². The zero-order valence-electron chi connectivity index (χ0n) is 27.6. The summed E-state index contributed by atoms with van der Waals surface area (Å²) in [5, 5.41) is 3.79. The molecule has 1 saturated carbocycles. The Hall–Kier alpha value is -4.14. The van der Waals surface area contributed by atoms with Gasteiger partial charge in [-0.1, -0.05) is 118 Å². The fourth-order valence-corrected chi connectivity index (χ4v) is 7.72. The number of anilines is 1. The van der Waals surface area contributed by atoms with Crippen LogP contribution in [-0.2, 0) is 32.6 Å². The molecular formula is C39H44ClN3O4S. The number of hydrogen-bond donors (Lipinski definition) is 1. The smallest absolute Gasteiger partial charge is 0.264 e. The molecule has 1 N–H and O–H groups in total. The third-order valence-electron chi connectivity index (χ3n) is 8.95. The first-order chi connectivity index (χ1) is 23.1. The summed E-state index contributed by atoms with van der Waals surface area (Å²) in [6, 6.07) is 31.3. The average Bonchev–Trinajstić information content (AvgIpc) is 3.10. The van der Waals surface area contributed by atoms with Crippen LogP contribution < -0.4 is 9.62 Å². The van der Waals surface area contributed by atoms with E-state index in [4.69, 9.17) is 11.6 Å². The normalized spacial score (nSPS) is 14.3. The van der Waals surface area contributed by atoms with Crippen molar-refractivity contribution in [1.82, 2.24) is 10.2 Å². The second kappa shape index (κ2) is 16.3. The highest BCUT2D eigenvalue weighted by Gasteiger charge is 2.35. The maximum atomic E-state index is 14.7. The van der Waals surface area contributed by atoms with Gasteiger partial charge in [0.05, 0.1) is 10.6 Å². The molecule has 0 spiro atoms. The van der Waals surface area contributed by atoms with E-state index in [1.54, 1.807) is 42.5 Å². The van der Waals surface area contributed by atoms with Crippen molar-refractivity contribution in [2.24, 2.45) is 0 Å². The minimum atomic E-state index is -4.15. The molecule has 1 aliphatic carbocycles. The van der Waals surface area contributed by atoms with Crippen LogP contribution >= 0.6 is 11.6 Å². The van der Waals surface area contributed by atoms with E-state index in [1.165, 1.54) is 17.0 Å². The van der Waals surface area contributed by atoms with Gasteiger partial charge in [-0.3, -0.25) is 13.9 Å². The molecule has 0 bridgehead atoms. The molecule has 1 aliphatic rings. The summed E-state index contributed by atoms with van der Waals surface area (Å²) in [4.78, 5) is 30.5. The molecule has 48 heavy (non-hydrogen) atoms. The van der Waals surface area contributed by atoms with Gasteiger partial charge in [-0.25, -0.2) is 8.42 Å². The van der Waals surface area contributed by atoms with E-state index < -0.39 is 28.5 Å². The molecule has 0 aliphatic heterocycles. The molecule has 1 unspecified atom stereocenters. The van der Waals surface area contributed by atoms with Crippen molar-refractivity contribution in [3.05, 3.63) is 131 Å². The maximum Gasteiger partial charge on any atom is 0.264 e. The summed E-state index contributed by atoms with van der Waals surface area (Å²) in [6.45, 7) is 3.73. The van der Waals surface area contributed by atoms with Gasteiger partial charge in [0.2, 0.25) is 11.8 Å². The van der Waals surface area contributed by atoms with Crippen LogP contribution in [-0.4, -0.2) is 43.8 Å². The first kappa shape index (κ1) is 35.2. The Kier molecular flexibility index (Phi) is 12.0. The van der Waals surface area contributed by atoms with Crippen LogP contribution in [0, 0.1) is 0 Å². The zero-order valence-corrected chi connectivity index (χ0v) is 29.2. The summed E-state index contributed by atoms with van der Waals surface area (Å²) >= 11 is 6.20. The highest BCUT2D eigenvalue weighted by Crippen LogP contribution is 2.27. The molecule has 1 atom stereocenters. The Morgan fingerprint density at radius 2 is 1.40 bits per heavy atom. The molecule has 5 rings (SSSR count). The molecule has 0 saturated heterocycles. The van der Waals surface area contributed by atoms with Gasteiger partial charge in [0.15, 0.2) is 0 Å². The molecule has 1 fully saturated rings. The molecule has 4 aromatic rings. The lowest BCUT2D eigenvalue weighted by atomic mass is 9.94. The first-order valence-corrected chi connectivity index (χ1v) is 18.5. The highest BCUT2D eigenvalue weighted by atomic mass is 35.5. The Balaban J connectivity index is 1.56. The molecule has 7 nitrogen and oxygen atoms in total. The lowest BCUT2D eigenvalue weighted by molar-refractivity contribution is -0.140. The summed E-state index contributed by atoms with van der Waals surface area (Å²) in [7, 11) is -4.15. The van der Waals surface area contributed by atoms with Crippen LogP contribution in [0.5, 0.6) is 0 Å². The van der Waals surface area contributed by atoms with Crippen molar-refractivity contribution in [2.75, 3.05) is 10.8 Å². The van der Waals surface area contributed by atoms with Crippen LogP contribution in [0.2, 0.25) is 5.02 Å². The second-order valence-electron chi connectivity index (χ2n) is 12.8. The maximum absolute atomic E-state index is 14.7. The van der Waals surface area contributed by atoms with Crippen molar-refractivity contribution in [3.8, 4) is 0 Å². The van der Waals surface area contributed by atoms with Gasteiger partial charge in [0.1, 0.15) is 12.6 Å². The monoisotopic (exact) mass is 685 g/mol. The van der Waals surface area contributed by atoms with E-state index in [-0.39, 0.29) is 35.7 Å². The van der Waals surface area contributed by atoms with E-state index in [0.717, 1.165) is 53.1 Å². The number of nitrogens with zero attached hydrogens (tertiary/aromatic N) is 2. The van der Waals surface area contributed by atoms with Gasteiger partial charge in [-0.2, -0.15) is 0 Å². The van der Waals surface area contributed by atoms with E-state index in [1.807, 2.05) is 54.6 Å². The minimum absolute atomic E-state index is 0.0337. The molecule has 0 radical (unpaired) electrons. The summed E-state index contributed by atoms with van der Waals surface area (Å²) < 4.78 is 29.6. The lowest BCUT2D eigenvalue weighted by Crippen LogP contribution is -2.55. The topological polar surface area (TPSA) is 86.8 Å². The number of carbonyl (C=O) groups is 2. The van der Waals surface area contributed by atoms with Crippen molar-refractivity contribution in [1.29, 1.82) is 0 Å². The Morgan fingerprint density at radius 3 is 2.00 bits per heavy atom. The van der Waals surface area contributed by atoms with Gasteiger partial charge in [-0.05, 0) is 71.8 Å². The fourth-order valence-electron chi connectivity index (χ4n) is 6.16. The molecule has 0 heterocycles. The van der Waals surface area contributed by atoms with Crippen molar-refractivity contribution >= 4 is 39.1 Å². The van der Waals surface area contributed by atoms with E-state index in [0.29, 0.717) is 10.7 Å². The number of sulfonamides is 1. The van der Waals surface area contributed by atoms with E-state index in [2.05, 4.69) is 19.2 Å². The Bertz CT molecular complexity index is 1740. The molecule has 4 aromatic carbocycles. The van der Waals surface area contributed by atoms with E-state index in [9.17, 15) is 18.0 Å². The quantitative estimate of drug-likeness (QED) is 0.156. The second-order valence-corrected chi connectivity index (χ2v) is 15.1. The number of rotatable bonds is 13. The molecule has 2 amide bonds. The third kappa shape index (κ3) is 9.05. The van der Waals surface area contributed by atoms with Gasteiger partial charge >= 0.3 is 0 Å².